The van der Waals surface area contributed by atoms with E-state index in [1.807, 2.05) is 53.4 Å². The zero-order chi connectivity index (χ0) is 26.4. The molecule has 2 aromatic carbocycles. The molecule has 6 rings (SSSR count). The van der Waals surface area contributed by atoms with Gasteiger partial charge in [-0.3, -0.25) is 4.79 Å². The molecule has 1 unspecified atom stereocenters. The third-order valence-corrected chi connectivity index (χ3v) is 8.25. The fourth-order valence-corrected chi connectivity index (χ4v) is 6.08. The summed E-state index contributed by atoms with van der Waals surface area (Å²) in [6.07, 6.45) is 4.51. The predicted octanol–water partition coefficient (Wildman–Crippen LogP) is 3.97. The monoisotopic (exact) mass is 549 g/mol. The number of nitrogens with one attached hydrogen (secondary N) is 1. The summed E-state index contributed by atoms with van der Waals surface area (Å²) in [7, 11) is 0. The van der Waals surface area contributed by atoms with E-state index >= 15 is 0 Å². The Balaban J connectivity index is 1.22. The molecule has 10 heteroatoms. The van der Waals surface area contributed by atoms with Gasteiger partial charge in [0.15, 0.2) is 0 Å². The molecule has 0 radical (unpaired) electrons. The number of nitrogens with two attached hydrogens (primary N) is 1. The van der Waals surface area contributed by atoms with Crippen LogP contribution in [0.4, 0.5) is 0 Å². The number of quaternary nitrogens is 1. The number of rotatable bonds is 6. The van der Waals surface area contributed by atoms with Crippen LogP contribution in [0.15, 0.2) is 60.9 Å². The number of amides is 2. The molecule has 194 valence electrons. The summed E-state index contributed by atoms with van der Waals surface area (Å²) in [5, 5.41) is 4.53. The number of halogens is 2. The van der Waals surface area contributed by atoms with Crippen LogP contribution in [0.2, 0.25) is 10.3 Å². The largest absolute Gasteiger partial charge is 0.350 e. The number of nitrogens with zero attached hydrogens (tertiary/aromatic N) is 4. The molecule has 4 aromatic rings. The van der Waals surface area contributed by atoms with E-state index in [0.717, 1.165) is 32.7 Å². The number of fused-ring (bicyclic) bond motifs is 2. The molecule has 4 heterocycles. The topological polar surface area (TPSA) is 101 Å². The normalized spacial score (nSPS) is 23.7. The van der Waals surface area contributed by atoms with Gasteiger partial charge in [-0.15, -0.1) is 5.43 Å². The number of benzene rings is 2. The summed E-state index contributed by atoms with van der Waals surface area (Å²) in [6.45, 7) is 1.93. The Hall–Kier alpha value is -3.14. The standard InChI is InChI=1S/C28H27Cl2N6O2/c29-25-21-13-17(1-3-19(21)5-9-32-25)15-35-11-7-24(27(35)37)34-36(12-8-23(31)28(36)38)16-18-2-4-20-6-10-33-26(30)22(20)14-18/h1-6,9-10,13-14,23-24,34H,7-8,11-12,15-16,31H2/q+1/t23?,24-,36-/m0/s1. The first-order valence-corrected chi connectivity index (χ1v) is 13.4. The van der Waals surface area contributed by atoms with Gasteiger partial charge in [-0.05, 0) is 47.0 Å². The zero-order valence-electron chi connectivity index (χ0n) is 20.6. The number of hydrogen-bond donors (Lipinski definition) is 2. The van der Waals surface area contributed by atoms with Gasteiger partial charge in [0, 0.05) is 48.2 Å². The van der Waals surface area contributed by atoms with Gasteiger partial charge in [0.25, 0.3) is 0 Å². The summed E-state index contributed by atoms with van der Waals surface area (Å²) in [6, 6.07) is 14.7. The highest BCUT2D eigenvalue weighted by molar-refractivity contribution is 6.34. The molecule has 2 aliphatic rings. The van der Waals surface area contributed by atoms with Crippen molar-refractivity contribution in [3.8, 4) is 0 Å². The van der Waals surface area contributed by atoms with Gasteiger partial charge >= 0.3 is 5.91 Å². The van der Waals surface area contributed by atoms with Gasteiger partial charge in [0.1, 0.15) is 35.5 Å². The number of aromatic nitrogens is 2. The van der Waals surface area contributed by atoms with Gasteiger partial charge in [0.2, 0.25) is 5.91 Å². The number of carbonyl (C=O) groups excluding carboxylic acids is 2. The van der Waals surface area contributed by atoms with Crippen LogP contribution in [0.1, 0.15) is 24.0 Å². The van der Waals surface area contributed by atoms with Gasteiger partial charge in [-0.25, -0.2) is 14.8 Å². The summed E-state index contributed by atoms with van der Waals surface area (Å²) in [5.41, 5.74) is 11.5. The minimum atomic E-state index is -0.572. The Kier molecular flexibility index (Phi) is 6.53. The maximum absolute atomic E-state index is 13.5. The number of hydrogen-bond acceptors (Lipinski definition) is 6. The van der Waals surface area contributed by atoms with Crippen LogP contribution in [-0.4, -0.2) is 56.4 Å². The van der Waals surface area contributed by atoms with E-state index in [2.05, 4.69) is 15.4 Å². The van der Waals surface area contributed by atoms with E-state index in [1.165, 1.54) is 0 Å². The first-order chi connectivity index (χ1) is 18.3. The van der Waals surface area contributed by atoms with Crippen LogP contribution in [-0.2, 0) is 22.7 Å². The lowest BCUT2D eigenvalue weighted by atomic mass is 10.1. The third-order valence-electron chi connectivity index (χ3n) is 7.65. The van der Waals surface area contributed by atoms with Gasteiger partial charge < -0.3 is 10.6 Å². The first kappa shape index (κ1) is 25.2. The number of pyridine rings is 2. The van der Waals surface area contributed by atoms with Gasteiger partial charge in [-0.2, -0.15) is 4.59 Å². The van der Waals surface area contributed by atoms with Crippen molar-refractivity contribution in [1.29, 1.82) is 0 Å². The van der Waals surface area contributed by atoms with Crippen LogP contribution >= 0.6 is 23.2 Å². The fourth-order valence-electron chi connectivity index (χ4n) is 5.64. The highest BCUT2D eigenvalue weighted by Gasteiger charge is 2.50. The van der Waals surface area contributed by atoms with E-state index in [-0.39, 0.29) is 16.4 Å². The molecule has 2 aliphatic heterocycles. The lowest BCUT2D eigenvalue weighted by Gasteiger charge is -2.33. The average Bonchev–Trinajstić information content (AvgIpc) is 3.39. The van der Waals surface area contributed by atoms with Crippen molar-refractivity contribution >= 4 is 56.6 Å². The van der Waals surface area contributed by atoms with Crippen LogP contribution in [0.3, 0.4) is 0 Å². The van der Waals surface area contributed by atoms with Gasteiger partial charge in [0.05, 0.1) is 0 Å². The quantitative estimate of drug-likeness (QED) is 0.279. The maximum atomic E-state index is 13.5. The average molecular weight is 550 g/mol. The Morgan fingerprint density at radius 1 is 0.921 bits per heavy atom. The third kappa shape index (κ3) is 4.52. The Morgan fingerprint density at radius 3 is 2.18 bits per heavy atom. The van der Waals surface area contributed by atoms with Crippen molar-refractivity contribution in [3.05, 3.63) is 82.4 Å². The minimum Gasteiger partial charge on any atom is -0.337 e. The highest BCUT2D eigenvalue weighted by atomic mass is 35.5. The molecule has 2 amide bonds. The summed E-state index contributed by atoms with van der Waals surface area (Å²) in [4.78, 5) is 37.0. The SMILES string of the molecule is NC1CC[N@@+](Cc2ccc3ccnc(Cl)c3c2)(N[C@H]2CCN(Cc3ccc4ccnc(Cl)c4c3)C2=O)C1=O. The summed E-state index contributed by atoms with van der Waals surface area (Å²) < 4.78 is -0.0634. The van der Waals surface area contributed by atoms with Crippen molar-refractivity contribution < 1.29 is 14.2 Å². The lowest BCUT2D eigenvalue weighted by molar-refractivity contribution is -0.906. The van der Waals surface area contributed by atoms with E-state index in [9.17, 15) is 9.59 Å². The van der Waals surface area contributed by atoms with Crippen molar-refractivity contribution in [2.24, 2.45) is 5.73 Å². The summed E-state index contributed by atoms with van der Waals surface area (Å²) >= 11 is 12.6. The smallest absolute Gasteiger partial charge is 0.337 e. The highest BCUT2D eigenvalue weighted by Crippen LogP contribution is 2.29. The number of likely N-dealkylation sites (tertiary alicyclic amines) is 2. The maximum Gasteiger partial charge on any atom is 0.350 e. The van der Waals surface area contributed by atoms with Crippen molar-refractivity contribution in [1.82, 2.24) is 20.3 Å². The molecule has 2 fully saturated rings. The molecule has 0 spiro atoms. The van der Waals surface area contributed by atoms with E-state index in [4.69, 9.17) is 28.9 Å². The molecule has 3 N–H and O–H groups in total. The van der Waals surface area contributed by atoms with Crippen molar-refractivity contribution in [3.63, 3.8) is 0 Å². The fraction of sp³-hybridized carbons (Fsp3) is 0.286. The molecular formula is C28H27Cl2N6O2+. The second-order valence-electron chi connectivity index (χ2n) is 10.1. The molecule has 8 nitrogen and oxygen atoms in total. The molecule has 2 saturated heterocycles. The summed E-state index contributed by atoms with van der Waals surface area (Å²) in [5.74, 6) is -0.135. The minimum absolute atomic E-state index is 0.0288. The molecule has 0 bridgehead atoms. The zero-order valence-corrected chi connectivity index (χ0v) is 22.1. The second kappa shape index (κ2) is 9.87. The lowest BCUT2D eigenvalue weighted by Crippen LogP contribution is -2.64. The second-order valence-corrected chi connectivity index (χ2v) is 10.8. The van der Waals surface area contributed by atoms with Crippen molar-refractivity contribution in [2.75, 3.05) is 13.1 Å². The van der Waals surface area contributed by atoms with Crippen LogP contribution < -0.4 is 11.2 Å². The molecule has 0 saturated carbocycles. The Bertz CT molecular complexity index is 1580. The van der Waals surface area contributed by atoms with Crippen LogP contribution in [0.5, 0.6) is 0 Å². The Labute approximate surface area is 229 Å². The molecular weight excluding hydrogens is 523 g/mol. The van der Waals surface area contributed by atoms with E-state index < -0.39 is 12.1 Å². The van der Waals surface area contributed by atoms with Crippen LogP contribution in [0.25, 0.3) is 21.5 Å². The molecule has 0 aliphatic carbocycles. The number of carbonyl (C=O) groups is 2. The molecule has 2 aromatic heterocycles. The van der Waals surface area contributed by atoms with Gasteiger partial charge in [-0.1, -0.05) is 47.5 Å². The molecule has 3 atom stereocenters. The van der Waals surface area contributed by atoms with E-state index in [0.29, 0.717) is 49.3 Å². The first-order valence-electron chi connectivity index (χ1n) is 12.6. The van der Waals surface area contributed by atoms with Crippen molar-refractivity contribution in [2.45, 2.75) is 38.0 Å². The Morgan fingerprint density at radius 2 is 1.55 bits per heavy atom. The molecule has 38 heavy (non-hydrogen) atoms. The predicted molar refractivity (Wildman–Crippen MR) is 147 cm³/mol. The van der Waals surface area contributed by atoms with Crippen LogP contribution in [0, 0.1) is 0 Å². The van der Waals surface area contributed by atoms with E-state index in [1.54, 1.807) is 12.4 Å².